The first-order chi connectivity index (χ1) is 6.91. The van der Waals surface area contributed by atoms with E-state index in [1.165, 1.54) is 0 Å². The summed E-state index contributed by atoms with van der Waals surface area (Å²) in [7, 11) is 0. The van der Waals surface area contributed by atoms with Crippen LogP contribution in [0.4, 0.5) is 8.78 Å². The van der Waals surface area contributed by atoms with Gasteiger partial charge in [-0.2, -0.15) is 0 Å². The van der Waals surface area contributed by atoms with Crippen molar-refractivity contribution >= 4 is 11.9 Å². The van der Waals surface area contributed by atoms with Gasteiger partial charge in [0.15, 0.2) is 0 Å². The SMILES string of the molecule is O=C(O)CCCC(=O)N1CCC(F)(F)C1. The van der Waals surface area contributed by atoms with Gasteiger partial charge in [0.05, 0.1) is 6.54 Å². The quantitative estimate of drug-likeness (QED) is 0.773. The molecule has 6 heteroatoms. The zero-order valence-electron chi connectivity index (χ0n) is 8.21. The summed E-state index contributed by atoms with van der Waals surface area (Å²) in [5.41, 5.74) is 0. The van der Waals surface area contributed by atoms with Gasteiger partial charge in [0, 0.05) is 25.8 Å². The maximum atomic E-state index is 12.7. The molecule has 1 aliphatic rings. The standard InChI is InChI=1S/C9H13F2NO3/c10-9(11)4-5-12(6-9)7(13)2-1-3-8(14)15/h1-6H2,(H,14,15). The highest BCUT2D eigenvalue weighted by atomic mass is 19.3. The van der Waals surface area contributed by atoms with Crippen LogP contribution < -0.4 is 0 Å². The van der Waals surface area contributed by atoms with Crippen molar-refractivity contribution in [3.05, 3.63) is 0 Å². The number of likely N-dealkylation sites (tertiary alicyclic amines) is 1. The molecule has 1 rings (SSSR count). The van der Waals surface area contributed by atoms with Gasteiger partial charge in [0.1, 0.15) is 0 Å². The van der Waals surface area contributed by atoms with E-state index in [0.717, 1.165) is 4.90 Å². The summed E-state index contributed by atoms with van der Waals surface area (Å²) in [4.78, 5) is 22.6. The Labute approximate surface area is 85.9 Å². The molecule has 86 valence electrons. The molecule has 15 heavy (non-hydrogen) atoms. The Hall–Kier alpha value is -1.20. The maximum Gasteiger partial charge on any atom is 0.303 e. The molecule has 1 fully saturated rings. The molecule has 0 aromatic heterocycles. The van der Waals surface area contributed by atoms with Gasteiger partial charge >= 0.3 is 5.97 Å². The lowest BCUT2D eigenvalue weighted by atomic mass is 10.2. The van der Waals surface area contributed by atoms with Crippen LogP contribution >= 0.6 is 0 Å². The fraction of sp³-hybridized carbons (Fsp3) is 0.778. The van der Waals surface area contributed by atoms with Gasteiger partial charge in [0.2, 0.25) is 5.91 Å². The van der Waals surface area contributed by atoms with E-state index in [-0.39, 0.29) is 38.1 Å². The first-order valence-corrected chi connectivity index (χ1v) is 4.78. The Morgan fingerprint density at radius 1 is 1.33 bits per heavy atom. The van der Waals surface area contributed by atoms with Gasteiger partial charge in [-0.1, -0.05) is 0 Å². The van der Waals surface area contributed by atoms with Gasteiger partial charge in [0.25, 0.3) is 5.92 Å². The molecule has 0 aromatic carbocycles. The first kappa shape index (κ1) is 11.9. The van der Waals surface area contributed by atoms with E-state index in [1.807, 2.05) is 0 Å². The van der Waals surface area contributed by atoms with E-state index in [4.69, 9.17) is 5.11 Å². The number of halogens is 2. The number of carboxylic acid groups (broad SMARTS) is 1. The lowest BCUT2D eigenvalue weighted by molar-refractivity contribution is -0.137. The van der Waals surface area contributed by atoms with Crippen LogP contribution in [0.1, 0.15) is 25.7 Å². The molecule has 0 spiro atoms. The van der Waals surface area contributed by atoms with Gasteiger partial charge in [-0.3, -0.25) is 9.59 Å². The van der Waals surface area contributed by atoms with E-state index in [2.05, 4.69) is 0 Å². The zero-order valence-corrected chi connectivity index (χ0v) is 8.21. The predicted octanol–water partition coefficient (Wildman–Crippen LogP) is 1.11. The van der Waals surface area contributed by atoms with Gasteiger partial charge in [-0.15, -0.1) is 0 Å². The monoisotopic (exact) mass is 221 g/mol. The summed E-state index contributed by atoms with van der Waals surface area (Å²) in [5, 5.41) is 8.33. The largest absolute Gasteiger partial charge is 0.481 e. The number of carbonyl (C=O) groups excluding carboxylic acids is 1. The molecule has 0 unspecified atom stereocenters. The summed E-state index contributed by atoms with van der Waals surface area (Å²) in [5.74, 6) is -4.13. The molecule has 0 saturated carbocycles. The Balaban J connectivity index is 2.27. The van der Waals surface area contributed by atoms with Crippen LogP contribution in [-0.4, -0.2) is 40.9 Å². The molecule has 1 saturated heterocycles. The minimum Gasteiger partial charge on any atom is -0.481 e. The average molecular weight is 221 g/mol. The number of hydrogen-bond acceptors (Lipinski definition) is 2. The Morgan fingerprint density at radius 2 is 2.00 bits per heavy atom. The molecule has 1 N–H and O–H groups in total. The van der Waals surface area contributed by atoms with Crippen molar-refractivity contribution in [2.24, 2.45) is 0 Å². The molecule has 4 nitrogen and oxygen atoms in total. The van der Waals surface area contributed by atoms with Gasteiger partial charge in [-0.25, -0.2) is 8.78 Å². The summed E-state index contributed by atoms with van der Waals surface area (Å²) >= 11 is 0. The lowest BCUT2D eigenvalue weighted by Crippen LogP contribution is -2.31. The Bertz CT molecular complexity index is 268. The van der Waals surface area contributed by atoms with Crippen LogP contribution in [0.3, 0.4) is 0 Å². The zero-order chi connectivity index (χ0) is 11.5. The van der Waals surface area contributed by atoms with E-state index >= 15 is 0 Å². The van der Waals surface area contributed by atoms with Crippen LogP contribution in [0.2, 0.25) is 0 Å². The van der Waals surface area contributed by atoms with Crippen LogP contribution in [0.5, 0.6) is 0 Å². The second-order valence-corrected chi connectivity index (χ2v) is 3.67. The molecule has 0 bridgehead atoms. The summed E-state index contributed by atoms with van der Waals surface area (Å²) in [6.07, 6.45) is -0.160. The van der Waals surface area contributed by atoms with Crippen LogP contribution in [0.25, 0.3) is 0 Å². The van der Waals surface area contributed by atoms with Crippen LogP contribution in [0.15, 0.2) is 0 Å². The van der Waals surface area contributed by atoms with Crippen molar-refractivity contribution in [2.75, 3.05) is 13.1 Å². The third kappa shape index (κ3) is 3.81. The third-order valence-electron chi connectivity index (χ3n) is 2.30. The molecule has 1 aliphatic heterocycles. The topological polar surface area (TPSA) is 57.6 Å². The minimum atomic E-state index is -2.78. The van der Waals surface area contributed by atoms with Gasteiger partial charge in [-0.05, 0) is 6.42 Å². The number of hydrogen-bond donors (Lipinski definition) is 1. The molecule has 0 aliphatic carbocycles. The van der Waals surface area contributed by atoms with E-state index in [9.17, 15) is 18.4 Å². The number of carboxylic acids is 1. The number of carbonyl (C=O) groups is 2. The molecule has 0 atom stereocenters. The molecular weight excluding hydrogens is 208 g/mol. The smallest absolute Gasteiger partial charge is 0.303 e. The van der Waals surface area contributed by atoms with E-state index < -0.39 is 18.4 Å². The predicted molar refractivity (Wildman–Crippen MR) is 47.6 cm³/mol. The third-order valence-corrected chi connectivity index (χ3v) is 2.30. The Kier molecular flexibility index (Phi) is 3.60. The summed E-state index contributed by atoms with van der Waals surface area (Å²) < 4.78 is 25.4. The highest BCUT2D eigenvalue weighted by molar-refractivity contribution is 5.77. The number of rotatable bonds is 4. The molecule has 1 amide bonds. The van der Waals surface area contributed by atoms with E-state index in [0.29, 0.717) is 0 Å². The minimum absolute atomic E-state index is 0.0301. The first-order valence-electron chi connectivity index (χ1n) is 4.78. The molecular formula is C9H13F2NO3. The normalized spacial score (nSPS) is 19.2. The van der Waals surface area contributed by atoms with Crippen molar-refractivity contribution in [3.63, 3.8) is 0 Å². The number of nitrogens with zero attached hydrogens (tertiary/aromatic N) is 1. The van der Waals surface area contributed by atoms with Gasteiger partial charge < -0.3 is 10.0 Å². The van der Waals surface area contributed by atoms with Crippen molar-refractivity contribution in [3.8, 4) is 0 Å². The molecule has 0 aromatic rings. The van der Waals surface area contributed by atoms with Crippen LogP contribution in [0, 0.1) is 0 Å². The summed E-state index contributed by atoms with van der Waals surface area (Å²) in [6.45, 7) is -0.461. The number of aliphatic carboxylic acids is 1. The maximum absolute atomic E-state index is 12.7. The number of amides is 1. The fourth-order valence-corrected chi connectivity index (χ4v) is 1.50. The number of alkyl halides is 2. The van der Waals surface area contributed by atoms with Crippen molar-refractivity contribution in [1.82, 2.24) is 4.90 Å². The van der Waals surface area contributed by atoms with Crippen molar-refractivity contribution in [1.29, 1.82) is 0 Å². The Morgan fingerprint density at radius 3 is 2.47 bits per heavy atom. The second kappa shape index (κ2) is 4.55. The summed E-state index contributed by atoms with van der Waals surface area (Å²) in [6, 6.07) is 0. The van der Waals surface area contributed by atoms with Crippen molar-refractivity contribution in [2.45, 2.75) is 31.6 Å². The highest BCUT2D eigenvalue weighted by Gasteiger charge is 2.39. The second-order valence-electron chi connectivity index (χ2n) is 3.67. The molecule has 0 radical (unpaired) electrons. The highest BCUT2D eigenvalue weighted by Crippen LogP contribution is 2.27. The average Bonchev–Trinajstić information content (AvgIpc) is 2.45. The van der Waals surface area contributed by atoms with Crippen LogP contribution in [-0.2, 0) is 9.59 Å². The molecule has 1 heterocycles. The fourth-order valence-electron chi connectivity index (χ4n) is 1.50. The van der Waals surface area contributed by atoms with E-state index in [1.54, 1.807) is 0 Å². The van der Waals surface area contributed by atoms with Crippen molar-refractivity contribution < 1.29 is 23.5 Å². The lowest BCUT2D eigenvalue weighted by Gasteiger charge is -2.15.